The summed E-state index contributed by atoms with van der Waals surface area (Å²) in [4.78, 5) is 11.8. The van der Waals surface area contributed by atoms with Gasteiger partial charge in [-0.1, -0.05) is 12.1 Å². The number of hydrogen-bond acceptors (Lipinski definition) is 7. The summed E-state index contributed by atoms with van der Waals surface area (Å²) in [5.41, 5.74) is 3.05. The summed E-state index contributed by atoms with van der Waals surface area (Å²) in [5, 5.41) is 15.0. The van der Waals surface area contributed by atoms with Crippen LogP contribution in [0.25, 0.3) is 10.9 Å². The fourth-order valence-corrected chi connectivity index (χ4v) is 6.14. The monoisotopic (exact) mass is 558 g/mol. The topological polar surface area (TPSA) is 79.7 Å². The molecule has 1 fully saturated rings. The highest BCUT2D eigenvalue weighted by Crippen LogP contribution is 2.41. The van der Waals surface area contributed by atoms with E-state index >= 15 is 4.39 Å². The van der Waals surface area contributed by atoms with Gasteiger partial charge in [0, 0.05) is 43.9 Å². The second-order valence-corrected chi connectivity index (χ2v) is 11.1. The number of hydrogen-bond donors (Lipinski definition) is 2. The van der Waals surface area contributed by atoms with E-state index in [0.29, 0.717) is 44.2 Å². The fourth-order valence-electron chi connectivity index (χ4n) is 6.14. The van der Waals surface area contributed by atoms with Gasteiger partial charge in [0.25, 0.3) is 5.92 Å². The van der Waals surface area contributed by atoms with Crippen molar-refractivity contribution in [3.63, 3.8) is 0 Å². The van der Waals surface area contributed by atoms with Gasteiger partial charge in [-0.05, 0) is 69.2 Å². The average molecular weight is 559 g/mol. The van der Waals surface area contributed by atoms with Crippen molar-refractivity contribution in [1.29, 1.82) is 0 Å². The van der Waals surface area contributed by atoms with Crippen molar-refractivity contribution in [3.8, 4) is 0 Å². The molecular weight excluding hydrogens is 521 g/mol. The minimum Gasteiger partial charge on any atom is -0.387 e. The Kier molecular flexibility index (Phi) is 7.96. The minimum atomic E-state index is -3.45. The summed E-state index contributed by atoms with van der Waals surface area (Å²) in [6.07, 6.45) is 4.08. The Hall–Kier alpha value is -2.95. The van der Waals surface area contributed by atoms with Crippen LogP contribution in [0.3, 0.4) is 0 Å². The number of alkyl halides is 2. The Morgan fingerprint density at radius 1 is 1.12 bits per heavy atom. The summed E-state index contributed by atoms with van der Waals surface area (Å²) in [7, 11) is 2.77. The molecule has 40 heavy (non-hydrogen) atoms. The van der Waals surface area contributed by atoms with Crippen LogP contribution in [0.4, 0.5) is 24.7 Å². The molecule has 0 unspecified atom stereocenters. The van der Waals surface area contributed by atoms with Gasteiger partial charge in [-0.2, -0.15) is 8.78 Å². The van der Waals surface area contributed by atoms with Gasteiger partial charge in [0.1, 0.15) is 24.1 Å². The average Bonchev–Trinajstić information content (AvgIpc) is 3.39. The lowest BCUT2D eigenvalue weighted by Crippen LogP contribution is -2.47. The molecule has 1 aliphatic heterocycles. The molecule has 0 saturated carbocycles. The normalized spacial score (nSPS) is 17.8. The van der Waals surface area contributed by atoms with Gasteiger partial charge in [-0.25, -0.2) is 14.4 Å². The minimum absolute atomic E-state index is 0.118. The summed E-state index contributed by atoms with van der Waals surface area (Å²) < 4.78 is 54.4. The smallest absolute Gasteiger partial charge is 0.298 e. The molecule has 0 spiro atoms. The first-order valence-corrected chi connectivity index (χ1v) is 13.8. The summed E-state index contributed by atoms with van der Waals surface area (Å²) in [6.45, 7) is 4.34. The first-order valence-electron chi connectivity index (χ1n) is 13.8. The van der Waals surface area contributed by atoms with Crippen LogP contribution in [0.1, 0.15) is 60.3 Å². The van der Waals surface area contributed by atoms with Crippen LogP contribution in [-0.4, -0.2) is 61.2 Å². The largest absolute Gasteiger partial charge is 0.387 e. The Labute approximate surface area is 232 Å². The van der Waals surface area contributed by atoms with E-state index in [1.807, 2.05) is 6.92 Å². The van der Waals surface area contributed by atoms with Crippen molar-refractivity contribution < 1.29 is 27.8 Å². The highest BCUT2D eigenvalue weighted by atomic mass is 19.3. The molecular formula is C30H37F3N4O3. The summed E-state index contributed by atoms with van der Waals surface area (Å²) in [5.74, 6) is -3.30. The van der Waals surface area contributed by atoms with Crippen LogP contribution in [0.5, 0.6) is 0 Å². The Balaban J connectivity index is 1.52. The Morgan fingerprint density at radius 3 is 2.55 bits per heavy atom. The van der Waals surface area contributed by atoms with Crippen LogP contribution in [-0.2, 0) is 28.2 Å². The molecule has 1 aliphatic carbocycles. The van der Waals surface area contributed by atoms with Gasteiger partial charge in [0.2, 0.25) is 0 Å². The number of rotatable bonds is 9. The number of nitrogens with one attached hydrogen (secondary N) is 1. The molecule has 0 amide bonds. The molecule has 2 heterocycles. The third kappa shape index (κ3) is 5.36. The second-order valence-electron chi connectivity index (χ2n) is 11.1. The zero-order chi connectivity index (χ0) is 28.7. The molecule has 216 valence electrons. The lowest BCUT2D eigenvalue weighted by atomic mass is 9.91. The molecule has 1 saturated heterocycles. The second kappa shape index (κ2) is 11.1. The first kappa shape index (κ1) is 28.6. The third-order valence-electron chi connectivity index (χ3n) is 8.17. The zero-order valence-electron chi connectivity index (χ0n) is 23.5. The van der Waals surface area contributed by atoms with E-state index in [0.717, 1.165) is 49.0 Å². The molecule has 3 aromatic rings. The number of aliphatic hydroxyl groups is 1. The number of benzene rings is 2. The predicted octanol–water partition coefficient (Wildman–Crippen LogP) is 5.46. The quantitative estimate of drug-likeness (QED) is 0.361. The number of halogens is 3. The molecule has 10 heteroatoms. The Bertz CT molecular complexity index is 1390. The maximum atomic E-state index is 15.4. The van der Waals surface area contributed by atoms with Gasteiger partial charge >= 0.3 is 0 Å². The maximum Gasteiger partial charge on any atom is 0.298 e. The highest BCUT2D eigenvalue weighted by molar-refractivity contribution is 5.96. The molecule has 1 atom stereocenters. The molecule has 2 N–H and O–H groups in total. The lowest BCUT2D eigenvalue weighted by molar-refractivity contribution is -0.0722. The third-order valence-corrected chi connectivity index (χ3v) is 8.17. The summed E-state index contributed by atoms with van der Waals surface area (Å²) in [6, 6.07) is 5.48. The Morgan fingerprint density at radius 2 is 1.85 bits per heavy atom. The number of ether oxygens (including phenoxy) is 2. The number of piperidine rings is 1. The van der Waals surface area contributed by atoms with E-state index in [-0.39, 0.29) is 5.56 Å². The predicted molar refractivity (Wildman–Crippen MR) is 149 cm³/mol. The standard InChI is InChI=1S/C30H37F3N4O3/c1-18(20-7-6-10-24(26(20)31)30(32,33)17-40-4)34-28-23-15-25(37-13-11-29(38,12-14-37)16-39-3)21-8-5-9-22(21)27(23)35-19(2)36-28/h6-7,10,15,18,38H,5,8-9,11-14,16-17H2,1-4H3,(H,34,35,36)/t18-/m1/s1. The van der Waals surface area contributed by atoms with E-state index in [9.17, 15) is 13.9 Å². The van der Waals surface area contributed by atoms with Crippen LogP contribution < -0.4 is 10.2 Å². The SMILES string of the molecule is COCC1(O)CCN(c2cc3c(N[C@H](C)c4cccc(C(F)(F)COC)c4F)nc(C)nc3c3c2CCC3)CC1. The van der Waals surface area contributed by atoms with Gasteiger partial charge in [0.05, 0.1) is 29.3 Å². The van der Waals surface area contributed by atoms with Crippen molar-refractivity contribution in [1.82, 2.24) is 9.97 Å². The lowest BCUT2D eigenvalue weighted by Gasteiger charge is -2.39. The molecule has 2 aliphatic rings. The van der Waals surface area contributed by atoms with Crippen molar-refractivity contribution in [2.24, 2.45) is 0 Å². The van der Waals surface area contributed by atoms with Gasteiger partial charge in [-0.3, -0.25) is 0 Å². The number of anilines is 2. The van der Waals surface area contributed by atoms with Gasteiger partial charge in [-0.15, -0.1) is 0 Å². The number of aromatic nitrogens is 2. The molecule has 0 bridgehead atoms. The summed E-state index contributed by atoms with van der Waals surface area (Å²) >= 11 is 0. The van der Waals surface area contributed by atoms with E-state index in [2.05, 4.69) is 26.0 Å². The zero-order valence-corrected chi connectivity index (χ0v) is 23.5. The number of nitrogens with zero attached hydrogens (tertiary/aromatic N) is 3. The van der Waals surface area contributed by atoms with E-state index in [1.54, 1.807) is 14.0 Å². The fraction of sp³-hybridized carbons (Fsp3) is 0.533. The van der Waals surface area contributed by atoms with Gasteiger partial charge in [0.15, 0.2) is 0 Å². The molecule has 0 radical (unpaired) electrons. The van der Waals surface area contributed by atoms with Crippen LogP contribution in [0, 0.1) is 12.7 Å². The van der Waals surface area contributed by atoms with E-state index < -0.39 is 35.6 Å². The number of methoxy groups -OCH3 is 2. The molecule has 7 nitrogen and oxygen atoms in total. The molecule has 5 rings (SSSR count). The first-order chi connectivity index (χ1) is 19.1. The number of fused-ring (bicyclic) bond motifs is 3. The molecule has 2 aromatic carbocycles. The van der Waals surface area contributed by atoms with E-state index in [4.69, 9.17) is 9.72 Å². The number of aryl methyl sites for hydroxylation is 2. The van der Waals surface area contributed by atoms with Crippen LogP contribution in [0.15, 0.2) is 24.3 Å². The van der Waals surface area contributed by atoms with Crippen molar-refractivity contribution in [3.05, 3.63) is 58.2 Å². The van der Waals surface area contributed by atoms with Crippen molar-refractivity contribution >= 4 is 22.4 Å². The molecule has 1 aromatic heterocycles. The van der Waals surface area contributed by atoms with Crippen molar-refractivity contribution in [2.75, 3.05) is 50.7 Å². The van der Waals surface area contributed by atoms with Crippen LogP contribution >= 0.6 is 0 Å². The maximum absolute atomic E-state index is 15.4. The van der Waals surface area contributed by atoms with E-state index in [1.165, 1.54) is 23.3 Å². The van der Waals surface area contributed by atoms with Gasteiger partial charge < -0.3 is 24.8 Å². The van der Waals surface area contributed by atoms with Crippen LogP contribution in [0.2, 0.25) is 0 Å². The highest BCUT2D eigenvalue weighted by Gasteiger charge is 2.37. The van der Waals surface area contributed by atoms with Crippen molar-refractivity contribution in [2.45, 2.75) is 63.5 Å².